The Hall–Kier alpha value is -1.51. The molecule has 124 valence electrons. The van der Waals surface area contributed by atoms with Crippen molar-refractivity contribution in [2.45, 2.75) is 38.8 Å². The Balaban J connectivity index is 1.84. The second kappa shape index (κ2) is 9.59. The third-order valence-electron chi connectivity index (χ3n) is 3.84. The zero-order chi connectivity index (χ0) is 16.5. The van der Waals surface area contributed by atoms with Gasteiger partial charge in [-0.2, -0.15) is 0 Å². The van der Waals surface area contributed by atoms with Crippen LogP contribution in [0.3, 0.4) is 0 Å². The first-order valence-corrected chi connectivity index (χ1v) is 8.70. The summed E-state index contributed by atoms with van der Waals surface area (Å²) in [6, 6.07) is 18.2. The summed E-state index contributed by atoms with van der Waals surface area (Å²) in [4.78, 5) is 2.35. The molecule has 3 heteroatoms. The lowest BCUT2D eigenvalue weighted by molar-refractivity contribution is 0.159. The molecule has 0 radical (unpaired) electrons. The van der Waals surface area contributed by atoms with E-state index in [2.05, 4.69) is 49.2 Å². The van der Waals surface area contributed by atoms with Crippen molar-refractivity contribution in [2.75, 3.05) is 13.6 Å². The van der Waals surface area contributed by atoms with E-state index in [1.807, 2.05) is 24.3 Å². The number of halogens is 1. The van der Waals surface area contributed by atoms with Gasteiger partial charge in [0.1, 0.15) is 5.75 Å². The fourth-order valence-corrected chi connectivity index (χ4v) is 2.84. The monoisotopic (exact) mass is 331 g/mol. The highest BCUT2D eigenvalue weighted by atomic mass is 35.5. The maximum absolute atomic E-state index is 6.13. The van der Waals surface area contributed by atoms with Crippen LogP contribution >= 0.6 is 11.6 Å². The molecule has 1 atom stereocenters. The maximum Gasteiger partial charge on any atom is 0.121 e. The third kappa shape index (κ3) is 6.64. The van der Waals surface area contributed by atoms with Crippen molar-refractivity contribution in [2.24, 2.45) is 0 Å². The number of ether oxygens (including phenoxy) is 1. The minimum atomic E-state index is 0.233. The highest BCUT2D eigenvalue weighted by molar-refractivity contribution is 6.30. The highest BCUT2D eigenvalue weighted by Crippen LogP contribution is 2.21. The molecule has 2 aromatic carbocycles. The second-order valence-electron chi connectivity index (χ2n) is 6.00. The van der Waals surface area contributed by atoms with Gasteiger partial charge in [-0.25, -0.2) is 0 Å². The molecule has 0 saturated heterocycles. The van der Waals surface area contributed by atoms with E-state index in [0.29, 0.717) is 0 Å². The summed E-state index contributed by atoms with van der Waals surface area (Å²) in [7, 11) is 2.16. The number of nitrogens with zero attached hydrogens (tertiary/aromatic N) is 1. The molecule has 0 unspecified atom stereocenters. The molecular weight excluding hydrogens is 306 g/mol. The van der Waals surface area contributed by atoms with Crippen LogP contribution in [0.15, 0.2) is 54.6 Å². The first-order chi connectivity index (χ1) is 11.2. The molecule has 0 aliphatic heterocycles. The standard InChI is InChI=1S/C20H26ClNO/c1-3-8-19(23-20-12-7-11-18(21)15-20)13-14-22(2)16-17-9-5-4-6-10-17/h4-7,9-12,15,19H,3,8,13-14,16H2,1-2H3/t19-/m0/s1. The van der Waals surface area contributed by atoms with E-state index in [0.717, 1.165) is 43.1 Å². The maximum atomic E-state index is 6.13. The summed E-state index contributed by atoms with van der Waals surface area (Å²) in [5.41, 5.74) is 1.35. The van der Waals surface area contributed by atoms with Crippen LogP contribution in [-0.4, -0.2) is 24.6 Å². The van der Waals surface area contributed by atoms with Crippen LogP contribution in [0, 0.1) is 0 Å². The molecule has 2 rings (SSSR count). The summed E-state index contributed by atoms with van der Waals surface area (Å²) in [6.07, 6.45) is 3.43. The average molecular weight is 332 g/mol. The lowest BCUT2D eigenvalue weighted by Gasteiger charge is -2.23. The molecule has 0 fully saturated rings. The van der Waals surface area contributed by atoms with E-state index >= 15 is 0 Å². The fraction of sp³-hybridized carbons (Fsp3) is 0.400. The largest absolute Gasteiger partial charge is 0.490 e. The van der Waals surface area contributed by atoms with Gasteiger partial charge in [-0.3, -0.25) is 0 Å². The summed E-state index contributed by atoms with van der Waals surface area (Å²) in [6.45, 7) is 4.18. The van der Waals surface area contributed by atoms with Crippen LogP contribution in [0.25, 0.3) is 0 Å². The van der Waals surface area contributed by atoms with Gasteiger partial charge >= 0.3 is 0 Å². The Kier molecular flexibility index (Phi) is 7.44. The Bertz CT molecular complexity index is 573. The van der Waals surface area contributed by atoms with Crippen molar-refractivity contribution in [1.82, 2.24) is 4.90 Å². The van der Waals surface area contributed by atoms with Crippen molar-refractivity contribution in [3.05, 3.63) is 65.2 Å². The predicted molar refractivity (Wildman–Crippen MR) is 98.2 cm³/mol. The summed E-state index contributed by atoms with van der Waals surface area (Å²) in [5, 5.41) is 0.721. The number of hydrogen-bond acceptors (Lipinski definition) is 2. The SMILES string of the molecule is CCC[C@@H](CCN(C)Cc1ccccc1)Oc1cccc(Cl)c1. The van der Waals surface area contributed by atoms with E-state index in [4.69, 9.17) is 16.3 Å². The van der Waals surface area contributed by atoms with Crippen molar-refractivity contribution in [3.8, 4) is 5.75 Å². The molecule has 0 spiro atoms. The molecule has 0 saturated carbocycles. The lowest BCUT2D eigenvalue weighted by Crippen LogP contribution is -2.26. The van der Waals surface area contributed by atoms with Crippen LogP contribution in [0.5, 0.6) is 5.75 Å². The van der Waals surface area contributed by atoms with Crippen molar-refractivity contribution in [3.63, 3.8) is 0 Å². The fourth-order valence-electron chi connectivity index (χ4n) is 2.66. The average Bonchev–Trinajstić information content (AvgIpc) is 2.54. The zero-order valence-corrected chi connectivity index (χ0v) is 14.8. The van der Waals surface area contributed by atoms with Gasteiger partial charge in [0.2, 0.25) is 0 Å². The molecule has 0 aliphatic rings. The van der Waals surface area contributed by atoms with Gasteiger partial charge in [0.15, 0.2) is 0 Å². The molecule has 0 heterocycles. The smallest absolute Gasteiger partial charge is 0.121 e. The summed E-state index contributed by atoms with van der Waals surface area (Å²) >= 11 is 6.03. The summed E-state index contributed by atoms with van der Waals surface area (Å²) < 4.78 is 6.13. The van der Waals surface area contributed by atoms with Gasteiger partial charge in [-0.1, -0.05) is 61.3 Å². The zero-order valence-electron chi connectivity index (χ0n) is 14.0. The molecule has 0 N–H and O–H groups in total. The topological polar surface area (TPSA) is 12.5 Å². The van der Waals surface area contributed by atoms with E-state index in [1.54, 1.807) is 0 Å². The first kappa shape index (κ1) is 17.8. The Morgan fingerprint density at radius 2 is 1.83 bits per heavy atom. The first-order valence-electron chi connectivity index (χ1n) is 8.32. The minimum absolute atomic E-state index is 0.233. The quantitative estimate of drug-likeness (QED) is 0.609. The van der Waals surface area contributed by atoms with Gasteiger partial charge in [0, 0.05) is 18.1 Å². The van der Waals surface area contributed by atoms with Crippen LogP contribution in [0.1, 0.15) is 31.7 Å². The Morgan fingerprint density at radius 3 is 2.52 bits per heavy atom. The molecule has 0 bridgehead atoms. The number of hydrogen-bond donors (Lipinski definition) is 0. The van der Waals surface area contributed by atoms with E-state index < -0.39 is 0 Å². The van der Waals surface area contributed by atoms with Crippen molar-refractivity contribution in [1.29, 1.82) is 0 Å². The minimum Gasteiger partial charge on any atom is -0.490 e. The van der Waals surface area contributed by atoms with Gasteiger partial charge in [-0.05, 0) is 43.7 Å². The molecule has 2 nitrogen and oxygen atoms in total. The normalized spacial score (nSPS) is 12.3. The van der Waals surface area contributed by atoms with E-state index in [9.17, 15) is 0 Å². The van der Waals surface area contributed by atoms with Gasteiger partial charge < -0.3 is 9.64 Å². The third-order valence-corrected chi connectivity index (χ3v) is 4.07. The molecule has 0 amide bonds. The molecule has 23 heavy (non-hydrogen) atoms. The van der Waals surface area contributed by atoms with E-state index in [-0.39, 0.29) is 6.10 Å². The van der Waals surface area contributed by atoms with Crippen LogP contribution < -0.4 is 4.74 Å². The Morgan fingerprint density at radius 1 is 1.04 bits per heavy atom. The summed E-state index contributed by atoms with van der Waals surface area (Å²) in [5.74, 6) is 0.863. The van der Waals surface area contributed by atoms with Crippen molar-refractivity contribution < 1.29 is 4.74 Å². The van der Waals surface area contributed by atoms with Gasteiger partial charge in [-0.15, -0.1) is 0 Å². The lowest BCUT2D eigenvalue weighted by atomic mass is 10.1. The molecule has 2 aromatic rings. The van der Waals surface area contributed by atoms with E-state index in [1.165, 1.54) is 5.56 Å². The predicted octanol–water partition coefficient (Wildman–Crippen LogP) is 5.41. The molecule has 0 aliphatic carbocycles. The highest BCUT2D eigenvalue weighted by Gasteiger charge is 2.11. The van der Waals surface area contributed by atoms with Crippen LogP contribution in [0.2, 0.25) is 5.02 Å². The van der Waals surface area contributed by atoms with Crippen LogP contribution in [-0.2, 0) is 6.54 Å². The van der Waals surface area contributed by atoms with Gasteiger partial charge in [0.25, 0.3) is 0 Å². The Labute approximate surface area is 145 Å². The number of benzene rings is 2. The molecular formula is C20H26ClNO. The van der Waals surface area contributed by atoms with Crippen molar-refractivity contribution >= 4 is 11.6 Å². The molecule has 0 aromatic heterocycles. The number of rotatable bonds is 9. The van der Waals surface area contributed by atoms with Crippen LogP contribution in [0.4, 0.5) is 0 Å². The second-order valence-corrected chi connectivity index (χ2v) is 6.43. The van der Waals surface area contributed by atoms with Gasteiger partial charge in [0.05, 0.1) is 6.10 Å².